The highest BCUT2D eigenvalue weighted by atomic mass is 16.4. The van der Waals surface area contributed by atoms with Crippen molar-refractivity contribution in [3.05, 3.63) is 30.1 Å². The zero-order valence-corrected chi connectivity index (χ0v) is 10.7. The van der Waals surface area contributed by atoms with Gasteiger partial charge in [-0.05, 0) is 31.5 Å². The summed E-state index contributed by atoms with van der Waals surface area (Å²) in [7, 11) is 0. The third kappa shape index (κ3) is 4.53. The molecule has 18 heavy (non-hydrogen) atoms. The Morgan fingerprint density at radius 2 is 1.94 bits per heavy atom. The van der Waals surface area contributed by atoms with Gasteiger partial charge >= 0.3 is 5.97 Å². The number of nitrogens with zero attached hydrogens (tertiary/aromatic N) is 2. The Bertz CT molecular complexity index is 404. The van der Waals surface area contributed by atoms with Crippen molar-refractivity contribution in [3.8, 4) is 0 Å². The fourth-order valence-electron chi connectivity index (χ4n) is 1.66. The Morgan fingerprint density at radius 3 is 2.44 bits per heavy atom. The summed E-state index contributed by atoms with van der Waals surface area (Å²) in [6.07, 6.45) is 3.53. The first kappa shape index (κ1) is 14.2. The second-order valence-electron chi connectivity index (χ2n) is 4.36. The van der Waals surface area contributed by atoms with Crippen molar-refractivity contribution in [3.63, 3.8) is 0 Å². The van der Waals surface area contributed by atoms with E-state index in [1.54, 1.807) is 29.4 Å². The van der Waals surface area contributed by atoms with Crippen LogP contribution in [0, 0.1) is 0 Å². The van der Waals surface area contributed by atoms with Gasteiger partial charge < -0.3 is 10.0 Å². The van der Waals surface area contributed by atoms with E-state index in [4.69, 9.17) is 5.11 Å². The van der Waals surface area contributed by atoms with Gasteiger partial charge in [-0.1, -0.05) is 0 Å². The van der Waals surface area contributed by atoms with Crippen LogP contribution in [-0.4, -0.2) is 39.5 Å². The quantitative estimate of drug-likeness (QED) is 0.827. The summed E-state index contributed by atoms with van der Waals surface area (Å²) in [5.41, 5.74) is 0.885. The Balaban J connectivity index is 2.62. The summed E-state index contributed by atoms with van der Waals surface area (Å²) in [5, 5.41) is 8.67. The number of hydrogen-bond acceptors (Lipinski definition) is 3. The van der Waals surface area contributed by atoms with Crippen molar-refractivity contribution >= 4 is 11.9 Å². The number of carboxylic acids is 1. The van der Waals surface area contributed by atoms with Gasteiger partial charge in [0.1, 0.15) is 0 Å². The van der Waals surface area contributed by atoms with Crippen molar-refractivity contribution in [2.75, 3.05) is 6.54 Å². The fourth-order valence-corrected chi connectivity index (χ4v) is 1.66. The molecule has 0 aliphatic heterocycles. The lowest BCUT2D eigenvalue weighted by molar-refractivity contribution is -0.139. The lowest BCUT2D eigenvalue weighted by Gasteiger charge is -2.26. The predicted octanol–water partition coefficient (Wildman–Crippen LogP) is 1.34. The second kappa shape index (κ2) is 6.74. The molecule has 98 valence electrons. The fraction of sp³-hybridized carbons (Fsp3) is 0.462. The van der Waals surface area contributed by atoms with Crippen molar-refractivity contribution in [2.45, 2.75) is 32.7 Å². The van der Waals surface area contributed by atoms with Crippen LogP contribution in [0.1, 0.15) is 25.8 Å². The zero-order chi connectivity index (χ0) is 13.5. The van der Waals surface area contributed by atoms with Gasteiger partial charge in [-0.15, -0.1) is 0 Å². The van der Waals surface area contributed by atoms with E-state index in [1.807, 2.05) is 13.8 Å². The largest absolute Gasteiger partial charge is 0.481 e. The average Bonchev–Trinajstić information content (AvgIpc) is 2.29. The molecule has 0 saturated carbocycles. The van der Waals surface area contributed by atoms with Crippen molar-refractivity contribution in [1.82, 2.24) is 9.88 Å². The van der Waals surface area contributed by atoms with E-state index in [1.165, 1.54) is 0 Å². The van der Waals surface area contributed by atoms with Crippen LogP contribution in [-0.2, 0) is 16.0 Å². The van der Waals surface area contributed by atoms with E-state index in [-0.39, 0.29) is 31.3 Å². The van der Waals surface area contributed by atoms with E-state index >= 15 is 0 Å². The first-order chi connectivity index (χ1) is 8.50. The van der Waals surface area contributed by atoms with Gasteiger partial charge in [0, 0.05) is 25.0 Å². The lowest BCUT2D eigenvalue weighted by Crippen LogP contribution is -2.39. The van der Waals surface area contributed by atoms with Crippen molar-refractivity contribution < 1.29 is 14.7 Å². The topological polar surface area (TPSA) is 70.5 Å². The van der Waals surface area contributed by atoms with Crippen LogP contribution in [0.3, 0.4) is 0 Å². The van der Waals surface area contributed by atoms with Crippen LogP contribution in [0.15, 0.2) is 24.5 Å². The summed E-state index contributed by atoms with van der Waals surface area (Å²) < 4.78 is 0. The normalized spacial score (nSPS) is 10.4. The molecule has 0 atom stereocenters. The molecule has 1 aromatic heterocycles. The summed E-state index contributed by atoms with van der Waals surface area (Å²) in [4.78, 5) is 28.1. The first-order valence-corrected chi connectivity index (χ1v) is 5.91. The molecule has 1 amide bonds. The highest BCUT2D eigenvalue weighted by Gasteiger charge is 2.17. The van der Waals surface area contributed by atoms with Crippen molar-refractivity contribution in [1.29, 1.82) is 0 Å². The third-order valence-electron chi connectivity index (χ3n) is 2.61. The lowest BCUT2D eigenvalue weighted by atomic mass is 10.1. The molecular formula is C13H18N2O3. The molecule has 0 unspecified atom stereocenters. The third-order valence-corrected chi connectivity index (χ3v) is 2.61. The molecule has 0 aliphatic rings. The number of amides is 1. The van der Waals surface area contributed by atoms with Crippen LogP contribution in [0.5, 0.6) is 0 Å². The summed E-state index contributed by atoms with van der Waals surface area (Å²) >= 11 is 0. The number of pyridine rings is 1. The Morgan fingerprint density at radius 1 is 1.33 bits per heavy atom. The van der Waals surface area contributed by atoms with Crippen LogP contribution >= 0.6 is 0 Å². The molecule has 5 nitrogen and oxygen atoms in total. The molecule has 1 heterocycles. The van der Waals surface area contributed by atoms with E-state index in [0.717, 1.165) is 5.56 Å². The number of carboxylic acid groups (broad SMARTS) is 1. The summed E-state index contributed by atoms with van der Waals surface area (Å²) in [6.45, 7) is 4.01. The number of hydrogen-bond donors (Lipinski definition) is 1. The van der Waals surface area contributed by atoms with Gasteiger partial charge in [0.2, 0.25) is 5.91 Å². The molecule has 0 aliphatic carbocycles. The maximum atomic E-state index is 12.1. The van der Waals surface area contributed by atoms with Gasteiger partial charge in [0.15, 0.2) is 0 Å². The van der Waals surface area contributed by atoms with Gasteiger partial charge in [-0.2, -0.15) is 0 Å². The monoisotopic (exact) mass is 250 g/mol. The van der Waals surface area contributed by atoms with E-state index < -0.39 is 5.97 Å². The van der Waals surface area contributed by atoms with Gasteiger partial charge in [0.05, 0.1) is 12.8 Å². The first-order valence-electron chi connectivity index (χ1n) is 5.91. The molecule has 5 heteroatoms. The predicted molar refractivity (Wildman–Crippen MR) is 67.0 cm³/mol. The van der Waals surface area contributed by atoms with Crippen LogP contribution in [0.25, 0.3) is 0 Å². The summed E-state index contributed by atoms with van der Waals surface area (Å²) in [5.74, 6) is -0.949. The molecule has 0 radical (unpaired) electrons. The molecule has 1 aromatic rings. The van der Waals surface area contributed by atoms with Gasteiger partial charge in [0.25, 0.3) is 0 Å². The molecule has 0 saturated heterocycles. The molecule has 0 spiro atoms. The minimum atomic E-state index is -0.891. The smallest absolute Gasteiger partial charge is 0.305 e. The Labute approximate surface area is 106 Å². The molecule has 1 rings (SSSR count). The molecule has 0 aromatic carbocycles. The van der Waals surface area contributed by atoms with Gasteiger partial charge in [-0.25, -0.2) is 0 Å². The van der Waals surface area contributed by atoms with E-state index in [2.05, 4.69) is 4.98 Å². The maximum Gasteiger partial charge on any atom is 0.305 e. The standard InChI is InChI=1S/C13H18N2O3/c1-10(2)15(8-5-13(17)18)12(16)9-11-3-6-14-7-4-11/h3-4,6-7,10H,5,8-9H2,1-2H3,(H,17,18). The second-order valence-corrected chi connectivity index (χ2v) is 4.36. The van der Waals surface area contributed by atoms with Crippen LogP contribution in [0.4, 0.5) is 0 Å². The van der Waals surface area contributed by atoms with Gasteiger partial charge in [-0.3, -0.25) is 14.6 Å². The molecule has 1 N–H and O–H groups in total. The molecular weight excluding hydrogens is 232 g/mol. The average molecular weight is 250 g/mol. The van der Waals surface area contributed by atoms with Crippen molar-refractivity contribution in [2.24, 2.45) is 0 Å². The summed E-state index contributed by atoms with van der Waals surface area (Å²) in [6, 6.07) is 3.57. The number of aromatic nitrogens is 1. The number of carbonyl (C=O) groups excluding carboxylic acids is 1. The number of rotatable bonds is 6. The number of carbonyl (C=O) groups is 2. The van der Waals surface area contributed by atoms with E-state index in [0.29, 0.717) is 0 Å². The Hall–Kier alpha value is -1.91. The van der Waals surface area contributed by atoms with Crippen LogP contribution < -0.4 is 0 Å². The minimum Gasteiger partial charge on any atom is -0.481 e. The maximum absolute atomic E-state index is 12.1. The van der Waals surface area contributed by atoms with E-state index in [9.17, 15) is 9.59 Å². The number of aliphatic carboxylic acids is 1. The SMILES string of the molecule is CC(C)N(CCC(=O)O)C(=O)Cc1ccncc1. The Kier molecular flexibility index (Phi) is 5.30. The molecule has 0 bridgehead atoms. The zero-order valence-electron chi connectivity index (χ0n) is 10.7. The highest BCUT2D eigenvalue weighted by Crippen LogP contribution is 2.06. The minimum absolute atomic E-state index is 0.00122. The highest BCUT2D eigenvalue weighted by molar-refractivity contribution is 5.79. The molecule has 0 fully saturated rings. The van der Waals surface area contributed by atoms with Crippen LogP contribution in [0.2, 0.25) is 0 Å².